The molecular weight excluding hydrogens is 804 g/mol. The number of piperidine rings is 1. The molecule has 0 atom stereocenters. The Bertz CT molecular complexity index is 2140. The van der Waals surface area contributed by atoms with E-state index < -0.39 is 5.97 Å². The van der Waals surface area contributed by atoms with Crippen LogP contribution in [-0.2, 0) is 23.2 Å². The number of halogens is 4. The average molecular weight is 850 g/mol. The van der Waals surface area contributed by atoms with Gasteiger partial charge in [0.2, 0.25) is 0 Å². The third kappa shape index (κ3) is 10.5. The minimum atomic E-state index is -0.776. The molecular formula is C44H45Cl4N5O4. The van der Waals surface area contributed by atoms with Crippen LogP contribution in [0, 0.1) is 0 Å². The molecule has 2 aliphatic rings. The highest BCUT2D eigenvalue weighted by Crippen LogP contribution is 2.46. The number of aliphatic carboxylic acids is 1. The Morgan fingerprint density at radius 3 is 2.16 bits per heavy atom. The summed E-state index contributed by atoms with van der Waals surface area (Å²) in [6.45, 7) is 4.71. The van der Waals surface area contributed by atoms with E-state index in [0.717, 1.165) is 79.0 Å². The number of fused-ring (bicyclic) bond motifs is 2. The van der Waals surface area contributed by atoms with Crippen LogP contribution in [0.3, 0.4) is 0 Å². The third-order valence-corrected chi connectivity index (χ3v) is 10.8. The molecule has 1 spiro atoms. The molecule has 1 N–H and O–H groups in total. The summed E-state index contributed by atoms with van der Waals surface area (Å²) >= 11 is 13.0. The maximum Gasteiger partial charge on any atom is 0.340 e. The number of rotatable bonds is 11. The minimum absolute atomic E-state index is 0. The van der Waals surface area contributed by atoms with Crippen molar-refractivity contribution >= 4 is 41.6 Å². The molecule has 0 amide bonds. The standard InChI is InChI=1S/C25H29Cl2NO4.C19H15N4.2ClH/c1-2-3-4-17-11-21(26)19(22(27)12-17)15-31-18-5-6-20-23(13-18)32-16-25(20)7-9-28(10-8-25)14-24(29)30;1-4-10-16(11-5-1)19-20-22(17-12-6-2-7-13-17)23(21-19)18-14-8-3-9-15-18;;/h5-6,11-13H,2-4,7-10,14-16H2,1H3,(H,29,30);1-15H;2*1H/q;+1;;/p-1. The summed E-state index contributed by atoms with van der Waals surface area (Å²) in [6.07, 6.45) is 4.99. The van der Waals surface area contributed by atoms with Gasteiger partial charge in [0.15, 0.2) is 5.69 Å². The van der Waals surface area contributed by atoms with Crippen molar-refractivity contribution < 1.29 is 36.6 Å². The zero-order chi connectivity index (χ0) is 38.2. The lowest BCUT2D eigenvalue weighted by Gasteiger charge is -2.37. The van der Waals surface area contributed by atoms with Gasteiger partial charge in [0.05, 0.1) is 23.8 Å². The zero-order valence-electron chi connectivity index (χ0n) is 31.6. The van der Waals surface area contributed by atoms with E-state index in [1.54, 1.807) is 0 Å². The van der Waals surface area contributed by atoms with Crippen molar-refractivity contribution in [3.05, 3.63) is 148 Å². The molecule has 1 fully saturated rings. The van der Waals surface area contributed by atoms with Gasteiger partial charge in [-0.2, -0.15) is 0 Å². The number of hydrogen-bond donors (Lipinski definition) is 1. The maximum absolute atomic E-state index is 11.0. The van der Waals surface area contributed by atoms with Crippen molar-refractivity contribution in [3.63, 3.8) is 0 Å². The molecule has 0 unspecified atom stereocenters. The second kappa shape index (κ2) is 20.2. The Morgan fingerprint density at radius 1 is 0.895 bits per heavy atom. The van der Waals surface area contributed by atoms with Crippen LogP contribution in [0.25, 0.3) is 22.8 Å². The molecule has 2 aliphatic heterocycles. The highest BCUT2D eigenvalue weighted by atomic mass is 35.5. The highest BCUT2D eigenvalue weighted by Gasteiger charge is 2.43. The molecule has 6 aromatic rings. The lowest BCUT2D eigenvalue weighted by molar-refractivity contribution is -0.734. The lowest BCUT2D eigenvalue weighted by atomic mass is 9.74. The van der Waals surface area contributed by atoms with Crippen molar-refractivity contribution in [2.45, 2.75) is 51.0 Å². The molecule has 1 aromatic heterocycles. The number of para-hydroxylation sites is 2. The Labute approximate surface area is 356 Å². The average Bonchev–Trinajstić information content (AvgIpc) is 3.81. The minimum Gasteiger partial charge on any atom is -1.00 e. The van der Waals surface area contributed by atoms with Gasteiger partial charge in [-0.05, 0) is 109 Å². The van der Waals surface area contributed by atoms with Crippen molar-refractivity contribution in [2.24, 2.45) is 0 Å². The lowest BCUT2D eigenvalue weighted by Crippen LogP contribution is -3.00. The van der Waals surface area contributed by atoms with Crippen LogP contribution in [0.2, 0.25) is 10.0 Å². The van der Waals surface area contributed by atoms with Crippen LogP contribution in [-0.4, -0.2) is 57.2 Å². The quantitative estimate of drug-likeness (QED) is 0.152. The van der Waals surface area contributed by atoms with Gasteiger partial charge < -0.3 is 27.0 Å². The largest absolute Gasteiger partial charge is 1.00 e. The van der Waals surface area contributed by atoms with E-state index in [-0.39, 0.29) is 36.8 Å². The van der Waals surface area contributed by atoms with Crippen LogP contribution in [0.15, 0.2) is 121 Å². The van der Waals surface area contributed by atoms with E-state index >= 15 is 0 Å². The molecule has 0 radical (unpaired) electrons. The molecule has 298 valence electrons. The van der Waals surface area contributed by atoms with Crippen LogP contribution >= 0.6 is 35.6 Å². The monoisotopic (exact) mass is 847 g/mol. The topological polar surface area (TPSA) is 93.6 Å². The molecule has 3 heterocycles. The number of aromatic nitrogens is 4. The molecule has 9 nitrogen and oxygen atoms in total. The summed E-state index contributed by atoms with van der Waals surface area (Å²) in [5.74, 6) is 1.48. The van der Waals surface area contributed by atoms with E-state index in [1.165, 1.54) is 5.56 Å². The zero-order valence-corrected chi connectivity index (χ0v) is 34.7. The number of hydrogen-bond acceptors (Lipinski definition) is 6. The first-order chi connectivity index (χ1) is 26.8. The number of aryl methyl sites for hydroxylation is 1. The number of benzene rings is 5. The Hall–Kier alpha value is -4.64. The van der Waals surface area contributed by atoms with Gasteiger partial charge in [0.1, 0.15) is 23.8 Å². The van der Waals surface area contributed by atoms with Gasteiger partial charge in [0.25, 0.3) is 0 Å². The fourth-order valence-electron chi connectivity index (χ4n) is 7.11. The predicted octanol–water partition coefficient (Wildman–Crippen LogP) is 6.36. The fraction of sp³-hybridized carbons (Fsp3) is 0.273. The summed E-state index contributed by atoms with van der Waals surface area (Å²) in [5, 5.41) is 19.7. The first-order valence-electron chi connectivity index (χ1n) is 18.7. The van der Waals surface area contributed by atoms with E-state index in [1.807, 2.05) is 130 Å². The summed E-state index contributed by atoms with van der Waals surface area (Å²) < 4.78 is 12.0. The smallest absolute Gasteiger partial charge is 0.340 e. The van der Waals surface area contributed by atoms with Gasteiger partial charge in [-0.3, -0.25) is 9.69 Å². The van der Waals surface area contributed by atoms with E-state index in [4.69, 9.17) is 48.0 Å². The summed E-state index contributed by atoms with van der Waals surface area (Å²) in [6, 6.07) is 40.0. The predicted molar refractivity (Wildman–Crippen MR) is 222 cm³/mol. The van der Waals surface area contributed by atoms with Crippen LogP contribution in [0.4, 0.5) is 0 Å². The number of carboxylic acids is 1. The van der Waals surface area contributed by atoms with E-state index in [2.05, 4.69) is 13.0 Å². The Kier molecular flexibility index (Phi) is 15.4. The van der Waals surface area contributed by atoms with Gasteiger partial charge in [-0.15, -0.1) is 12.4 Å². The third-order valence-electron chi connectivity index (χ3n) is 10.2. The van der Waals surface area contributed by atoms with E-state index in [0.29, 0.717) is 34.8 Å². The summed E-state index contributed by atoms with van der Waals surface area (Å²) in [4.78, 5) is 16.6. The number of carboxylic acid groups (broad SMARTS) is 1. The molecule has 8 rings (SSSR count). The normalized spacial score (nSPS) is 13.9. The number of unbranched alkanes of at least 4 members (excludes halogenated alkanes) is 1. The van der Waals surface area contributed by atoms with Gasteiger partial charge in [0, 0.05) is 37.5 Å². The number of tetrazole rings is 1. The summed E-state index contributed by atoms with van der Waals surface area (Å²) in [7, 11) is 0. The Balaban J connectivity index is 0.000000220. The number of carbonyl (C=O) groups is 1. The second-order valence-corrected chi connectivity index (χ2v) is 14.8. The van der Waals surface area contributed by atoms with Crippen molar-refractivity contribution in [1.29, 1.82) is 0 Å². The van der Waals surface area contributed by atoms with Crippen molar-refractivity contribution in [3.8, 4) is 34.3 Å². The van der Waals surface area contributed by atoms with Crippen LogP contribution < -0.4 is 26.7 Å². The number of likely N-dealkylation sites (tertiary alicyclic amines) is 1. The Morgan fingerprint density at radius 2 is 1.53 bits per heavy atom. The maximum atomic E-state index is 11.0. The molecule has 0 aliphatic carbocycles. The van der Waals surface area contributed by atoms with Crippen molar-refractivity contribution in [2.75, 3.05) is 26.2 Å². The molecule has 1 saturated heterocycles. The first kappa shape index (κ1) is 43.5. The number of ether oxygens (including phenoxy) is 2. The number of nitrogens with zero attached hydrogens (tertiary/aromatic N) is 5. The summed E-state index contributed by atoms with van der Waals surface area (Å²) in [5.41, 5.74) is 6.01. The molecule has 57 heavy (non-hydrogen) atoms. The fourth-order valence-corrected chi connectivity index (χ4v) is 7.75. The second-order valence-electron chi connectivity index (χ2n) is 14.0. The van der Waals surface area contributed by atoms with Gasteiger partial charge in [-0.1, -0.05) is 97.2 Å². The first-order valence-corrected chi connectivity index (χ1v) is 19.4. The van der Waals surface area contributed by atoms with Crippen LogP contribution in [0.1, 0.15) is 49.3 Å². The SMILES string of the molecule is CCCCc1cc(Cl)c(COc2ccc3c(c2)OCC32CCN(CC(=O)O)CC2)c(Cl)c1.Cl.[Cl-].c1ccc(-c2nn(-c3ccccc3)[n+](-c3ccccc3)n2)cc1. The van der Waals surface area contributed by atoms with Crippen LogP contribution in [0.5, 0.6) is 11.5 Å². The molecule has 0 bridgehead atoms. The van der Waals surface area contributed by atoms with E-state index in [9.17, 15) is 4.79 Å². The molecule has 13 heteroatoms. The van der Waals surface area contributed by atoms with Gasteiger partial charge >= 0.3 is 11.8 Å². The van der Waals surface area contributed by atoms with Gasteiger partial charge in [-0.25, -0.2) is 0 Å². The molecule has 0 saturated carbocycles. The van der Waals surface area contributed by atoms with Crippen molar-refractivity contribution in [1.82, 2.24) is 19.9 Å². The molecule has 5 aromatic carbocycles. The highest BCUT2D eigenvalue weighted by molar-refractivity contribution is 6.36.